The largest absolute Gasteiger partial charge is 0.575 e. The maximum Gasteiger partial charge on any atom is 0.311 e. The molecule has 4 rings (SSSR count). The van der Waals surface area contributed by atoms with Crippen LogP contribution in [-0.4, -0.2) is 90.7 Å². The summed E-state index contributed by atoms with van der Waals surface area (Å²) < 4.78 is 20.9. The van der Waals surface area contributed by atoms with Gasteiger partial charge in [0.1, 0.15) is 48.3 Å². The average molecular weight is 522 g/mol. The minimum Gasteiger partial charge on any atom is -0.575 e. The van der Waals surface area contributed by atoms with Crippen molar-refractivity contribution in [1.82, 2.24) is 0 Å². The van der Waals surface area contributed by atoms with Crippen LogP contribution >= 0.6 is 0 Å². The fraction of sp³-hybridized carbons (Fsp3) is 0.417. The lowest BCUT2D eigenvalue weighted by Gasteiger charge is -2.42. The van der Waals surface area contributed by atoms with Gasteiger partial charge in [-0.1, -0.05) is 0 Å². The molecule has 2 aliphatic rings. The monoisotopic (exact) mass is 522 g/mol. The van der Waals surface area contributed by atoms with E-state index in [0.29, 0.717) is 16.9 Å². The third-order valence-corrected chi connectivity index (χ3v) is 6.13. The summed E-state index contributed by atoms with van der Waals surface area (Å²) in [4.78, 5) is 22.1. The number of aliphatic carboxylic acids is 1. The molecule has 1 saturated heterocycles. The zero-order valence-corrected chi connectivity index (χ0v) is 19.2. The van der Waals surface area contributed by atoms with Crippen LogP contribution in [0.5, 0.6) is 23.0 Å². The highest BCUT2D eigenvalue weighted by Crippen LogP contribution is 2.44. The number of benzene rings is 2. The molecule has 200 valence electrons. The van der Waals surface area contributed by atoms with Crippen LogP contribution in [0.1, 0.15) is 23.7 Å². The standard InChI is InChI=1S/C24H26O13/c25-11-3-1-10(2-4-11)23-16(7-13-14(27)5-12(26)6-15(13)35-23)36-24-22(33)21(32)20(31)17(37-24)9-34-19(30)8-18(28)29/h1-6,16-17,20-27,31-33H,7-9H2,(H,28,29). The van der Waals surface area contributed by atoms with Crippen molar-refractivity contribution < 1.29 is 64.3 Å². The van der Waals surface area contributed by atoms with E-state index in [4.69, 9.17) is 14.2 Å². The zero-order chi connectivity index (χ0) is 26.9. The van der Waals surface area contributed by atoms with Gasteiger partial charge in [0.25, 0.3) is 5.75 Å². The Morgan fingerprint density at radius 1 is 1.00 bits per heavy atom. The summed E-state index contributed by atoms with van der Waals surface area (Å²) >= 11 is 0. The van der Waals surface area contributed by atoms with Gasteiger partial charge in [0, 0.05) is 18.1 Å². The van der Waals surface area contributed by atoms with Crippen LogP contribution in [0.15, 0.2) is 36.4 Å². The Bertz CT molecular complexity index is 1130. The number of fused-ring (bicyclic) bond motifs is 1. The van der Waals surface area contributed by atoms with Crippen LogP contribution in [0, 0.1) is 0 Å². The van der Waals surface area contributed by atoms with E-state index in [1.165, 1.54) is 18.2 Å². The fourth-order valence-corrected chi connectivity index (χ4v) is 4.26. The Hall–Kier alpha value is -3.62. The Morgan fingerprint density at radius 3 is 2.38 bits per heavy atom. The van der Waals surface area contributed by atoms with Gasteiger partial charge in [-0.2, -0.15) is 0 Å². The smallest absolute Gasteiger partial charge is 0.311 e. The van der Waals surface area contributed by atoms with Crippen molar-refractivity contribution in [3.05, 3.63) is 47.5 Å². The SMILES string of the molecule is O=C([O-])CC(=O)OCC1OC(OC2Cc3c(O)cc(O)cc3[OH+]C2c2ccc(O)cc2)C(O)C(O)C1O. The van der Waals surface area contributed by atoms with E-state index in [-0.39, 0.29) is 23.7 Å². The second-order valence-corrected chi connectivity index (χ2v) is 8.75. The number of carboxylic acid groups (broad SMARTS) is 1. The van der Waals surface area contributed by atoms with Gasteiger partial charge in [-0.05, 0) is 24.3 Å². The number of hydrogen-bond donors (Lipinski definition) is 6. The molecule has 13 heteroatoms. The summed E-state index contributed by atoms with van der Waals surface area (Å²) in [5, 5.41) is 71.6. The number of hydrogen-bond acceptors (Lipinski definition) is 12. The average Bonchev–Trinajstić information content (AvgIpc) is 2.83. The molecule has 0 saturated carbocycles. The first-order valence-corrected chi connectivity index (χ1v) is 11.3. The van der Waals surface area contributed by atoms with Crippen molar-refractivity contribution in [1.29, 1.82) is 0 Å². The predicted molar refractivity (Wildman–Crippen MR) is 118 cm³/mol. The number of aliphatic hydroxyl groups is 4. The number of phenols is 3. The van der Waals surface area contributed by atoms with Crippen LogP contribution in [0.4, 0.5) is 0 Å². The van der Waals surface area contributed by atoms with E-state index in [1.54, 1.807) is 12.1 Å². The number of carboxylic acids is 1. The second kappa shape index (κ2) is 10.8. The second-order valence-electron chi connectivity index (χ2n) is 8.75. The Morgan fingerprint density at radius 2 is 1.70 bits per heavy atom. The van der Waals surface area contributed by atoms with Crippen molar-refractivity contribution in [2.75, 3.05) is 6.61 Å². The number of carbonyl (C=O) groups is 2. The molecule has 2 aromatic carbocycles. The van der Waals surface area contributed by atoms with Gasteiger partial charge in [0.15, 0.2) is 12.4 Å². The van der Waals surface area contributed by atoms with Crippen LogP contribution in [0.3, 0.4) is 0 Å². The minimum atomic E-state index is -1.77. The first kappa shape index (κ1) is 26.4. The van der Waals surface area contributed by atoms with Gasteiger partial charge in [-0.15, -0.1) is 0 Å². The highest BCUT2D eigenvalue weighted by Gasteiger charge is 2.48. The molecule has 0 radical (unpaired) electrons. The molecule has 2 heterocycles. The Balaban J connectivity index is 1.57. The van der Waals surface area contributed by atoms with Crippen molar-refractivity contribution in [3.8, 4) is 23.0 Å². The van der Waals surface area contributed by atoms with Crippen LogP contribution in [0.2, 0.25) is 0 Å². The summed E-state index contributed by atoms with van der Waals surface area (Å²) in [6.45, 7) is -0.643. The molecule has 0 aromatic heterocycles. The van der Waals surface area contributed by atoms with Gasteiger partial charge in [-0.3, -0.25) is 4.79 Å². The fourth-order valence-electron chi connectivity index (χ4n) is 4.26. The summed E-state index contributed by atoms with van der Waals surface area (Å²) in [5.74, 6) is -2.95. The quantitative estimate of drug-likeness (QED) is 0.135. The molecule has 0 amide bonds. The van der Waals surface area contributed by atoms with Gasteiger partial charge in [0.05, 0.1) is 24.0 Å². The molecule has 7 atom stereocenters. The maximum absolute atomic E-state index is 11.5. The first-order chi connectivity index (χ1) is 17.5. The van der Waals surface area contributed by atoms with Crippen LogP contribution in [-0.2, 0) is 30.2 Å². The number of esters is 1. The highest BCUT2D eigenvalue weighted by atomic mass is 16.7. The summed E-state index contributed by atoms with van der Waals surface area (Å²) in [7, 11) is 0. The number of carbonyl (C=O) groups excluding carboxylic acids is 2. The van der Waals surface area contributed by atoms with Gasteiger partial charge >= 0.3 is 5.97 Å². The van der Waals surface area contributed by atoms with E-state index >= 15 is 0 Å². The normalized spacial score (nSPS) is 29.1. The molecular formula is C24H26O13. The minimum absolute atomic E-state index is 0.00642. The summed E-state index contributed by atoms with van der Waals surface area (Å²) in [6.07, 6.45) is -10.8. The summed E-state index contributed by atoms with van der Waals surface area (Å²) in [5.41, 5.74) is 0.923. The first-order valence-electron chi connectivity index (χ1n) is 11.3. The van der Waals surface area contributed by atoms with Crippen molar-refractivity contribution in [2.24, 2.45) is 0 Å². The van der Waals surface area contributed by atoms with E-state index < -0.39 is 67.9 Å². The molecule has 2 aromatic rings. The van der Waals surface area contributed by atoms with Crippen LogP contribution < -0.4 is 5.11 Å². The molecule has 0 aliphatic carbocycles. The third-order valence-electron chi connectivity index (χ3n) is 6.13. The van der Waals surface area contributed by atoms with Crippen molar-refractivity contribution in [3.63, 3.8) is 0 Å². The predicted octanol–water partition coefficient (Wildman–Crippen LogP) is -1.78. The van der Waals surface area contributed by atoms with E-state index in [2.05, 4.69) is 4.74 Å². The lowest BCUT2D eigenvalue weighted by atomic mass is 9.93. The number of ether oxygens (including phenoxy) is 4. The van der Waals surface area contributed by atoms with Gasteiger partial charge < -0.3 is 59.5 Å². The summed E-state index contributed by atoms with van der Waals surface area (Å²) in [6, 6.07) is 8.53. The number of aliphatic hydroxyl groups excluding tert-OH is 3. The van der Waals surface area contributed by atoms with Gasteiger partial charge in [0.2, 0.25) is 6.10 Å². The Kier molecular flexibility index (Phi) is 7.71. The van der Waals surface area contributed by atoms with Crippen molar-refractivity contribution >= 4 is 11.9 Å². The molecular weight excluding hydrogens is 496 g/mol. The lowest BCUT2D eigenvalue weighted by molar-refractivity contribution is -0.323. The molecule has 2 aliphatic heterocycles. The molecule has 13 nitrogen and oxygen atoms in total. The molecule has 1 fully saturated rings. The van der Waals surface area contributed by atoms with E-state index in [1.807, 2.05) is 0 Å². The molecule has 7 N–H and O–H groups in total. The van der Waals surface area contributed by atoms with Crippen LogP contribution in [0.25, 0.3) is 0 Å². The molecule has 7 unspecified atom stereocenters. The highest BCUT2D eigenvalue weighted by molar-refractivity contribution is 5.89. The number of rotatable bonds is 7. The van der Waals surface area contributed by atoms with Crippen molar-refractivity contribution in [2.45, 2.75) is 55.8 Å². The van der Waals surface area contributed by atoms with E-state index in [9.17, 15) is 45.3 Å². The zero-order valence-electron chi connectivity index (χ0n) is 19.2. The Labute approximate surface area is 209 Å². The van der Waals surface area contributed by atoms with E-state index in [0.717, 1.165) is 6.07 Å². The molecule has 37 heavy (non-hydrogen) atoms. The van der Waals surface area contributed by atoms with Gasteiger partial charge in [-0.25, -0.2) is 0 Å². The molecule has 0 bridgehead atoms. The topological polar surface area (TPSA) is 219 Å². The third kappa shape index (κ3) is 5.87. The number of phenolic OH excluding ortho intramolecular Hbond substituents is 3. The molecule has 0 spiro atoms. The number of aromatic hydroxyl groups is 4. The maximum atomic E-state index is 11.5. The lowest BCUT2D eigenvalue weighted by Crippen LogP contribution is -2.60.